The first-order valence-electron chi connectivity index (χ1n) is 10.6. The molecule has 0 saturated heterocycles. The highest BCUT2D eigenvalue weighted by atomic mass is 19.1. The SMILES string of the molecule is CC(C)Cc1nc(CC(C)C)n(Cc2ccc(-n3c(F)cc(F)c3-c3nnn[nH]3)cc2)n1. The Bertz CT molecular complexity index is 1170. The Balaban J connectivity index is 1.62. The van der Waals surface area contributed by atoms with Gasteiger partial charge in [-0.05, 0) is 40.0 Å². The second-order valence-corrected chi connectivity index (χ2v) is 8.71. The lowest BCUT2D eigenvalue weighted by Gasteiger charge is -2.11. The van der Waals surface area contributed by atoms with Gasteiger partial charge in [0.2, 0.25) is 5.95 Å². The summed E-state index contributed by atoms with van der Waals surface area (Å²) in [6.45, 7) is 9.15. The van der Waals surface area contributed by atoms with Crippen molar-refractivity contribution < 1.29 is 8.78 Å². The first kappa shape index (κ1) is 21.8. The summed E-state index contributed by atoms with van der Waals surface area (Å²) in [7, 11) is 0. The van der Waals surface area contributed by atoms with E-state index < -0.39 is 11.8 Å². The third-order valence-corrected chi connectivity index (χ3v) is 4.98. The molecule has 168 valence electrons. The first-order chi connectivity index (χ1) is 15.3. The average Bonchev–Trinajstić information content (AvgIpc) is 3.42. The van der Waals surface area contributed by atoms with Crippen molar-refractivity contribution in [2.24, 2.45) is 11.8 Å². The average molecular weight is 441 g/mol. The number of hydrogen-bond acceptors (Lipinski definition) is 5. The fraction of sp³-hybridized carbons (Fsp3) is 0.409. The van der Waals surface area contributed by atoms with Gasteiger partial charge in [0.25, 0.3) is 0 Å². The van der Waals surface area contributed by atoms with E-state index in [0.29, 0.717) is 24.1 Å². The van der Waals surface area contributed by atoms with Crippen LogP contribution in [-0.4, -0.2) is 40.0 Å². The van der Waals surface area contributed by atoms with Crippen molar-refractivity contribution in [1.82, 2.24) is 40.0 Å². The zero-order valence-electron chi connectivity index (χ0n) is 18.5. The molecular formula is C22H26F2N8. The van der Waals surface area contributed by atoms with Crippen LogP contribution in [-0.2, 0) is 19.4 Å². The number of nitrogens with zero attached hydrogens (tertiary/aromatic N) is 7. The normalized spacial score (nSPS) is 11.8. The summed E-state index contributed by atoms with van der Waals surface area (Å²) in [5.74, 6) is 1.31. The number of halogens is 2. The maximum atomic E-state index is 14.5. The molecule has 10 heteroatoms. The van der Waals surface area contributed by atoms with E-state index in [4.69, 9.17) is 10.1 Å². The van der Waals surface area contributed by atoms with Gasteiger partial charge < -0.3 is 0 Å². The molecule has 0 aliphatic carbocycles. The molecule has 32 heavy (non-hydrogen) atoms. The monoisotopic (exact) mass is 440 g/mol. The van der Waals surface area contributed by atoms with E-state index in [1.165, 1.54) is 0 Å². The molecule has 0 atom stereocenters. The quantitative estimate of drug-likeness (QED) is 0.448. The molecule has 0 bridgehead atoms. The molecule has 4 aromatic rings. The van der Waals surface area contributed by atoms with E-state index in [2.05, 4.69) is 48.3 Å². The van der Waals surface area contributed by atoms with Crippen LogP contribution in [0.25, 0.3) is 17.2 Å². The smallest absolute Gasteiger partial charge is 0.201 e. The summed E-state index contributed by atoms with van der Waals surface area (Å²) in [5.41, 5.74) is 1.38. The first-order valence-corrected chi connectivity index (χ1v) is 10.6. The van der Waals surface area contributed by atoms with Crippen molar-refractivity contribution >= 4 is 0 Å². The van der Waals surface area contributed by atoms with Gasteiger partial charge in [0.05, 0.1) is 6.54 Å². The van der Waals surface area contributed by atoms with Crippen LogP contribution in [0.3, 0.4) is 0 Å². The summed E-state index contributed by atoms with van der Waals surface area (Å²) in [5, 5.41) is 17.8. The van der Waals surface area contributed by atoms with Crippen molar-refractivity contribution in [3.05, 3.63) is 59.3 Å². The minimum atomic E-state index is -0.747. The van der Waals surface area contributed by atoms with Crippen molar-refractivity contribution in [1.29, 1.82) is 0 Å². The van der Waals surface area contributed by atoms with Gasteiger partial charge in [-0.1, -0.05) is 39.8 Å². The Morgan fingerprint density at radius 3 is 2.34 bits per heavy atom. The van der Waals surface area contributed by atoms with Gasteiger partial charge in [0.15, 0.2) is 17.5 Å². The second kappa shape index (κ2) is 8.97. The highest BCUT2D eigenvalue weighted by molar-refractivity contribution is 5.56. The van der Waals surface area contributed by atoms with E-state index >= 15 is 0 Å². The van der Waals surface area contributed by atoms with E-state index in [1.807, 2.05) is 16.8 Å². The molecule has 0 unspecified atom stereocenters. The van der Waals surface area contributed by atoms with Crippen molar-refractivity contribution in [2.75, 3.05) is 0 Å². The number of hydrogen-bond donors (Lipinski definition) is 1. The second-order valence-electron chi connectivity index (χ2n) is 8.71. The summed E-state index contributed by atoms with van der Waals surface area (Å²) in [6, 6.07) is 8.03. The summed E-state index contributed by atoms with van der Waals surface area (Å²) < 4.78 is 31.9. The Kier molecular flexibility index (Phi) is 6.11. The largest absolute Gasteiger partial charge is 0.280 e. The molecule has 4 rings (SSSR count). The molecule has 0 saturated carbocycles. The third-order valence-electron chi connectivity index (χ3n) is 4.98. The minimum absolute atomic E-state index is 0.0501. The van der Waals surface area contributed by atoms with Gasteiger partial charge >= 0.3 is 0 Å². The molecule has 0 radical (unpaired) electrons. The van der Waals surface area contributed by atoms with Crippen molar-refractivity contribution in [3.63, 3.8) is 0 Å². The predicted molar refractivity (Wildman–Crippen MR) is 115 cm³/mol. The zero-order valence-corrected chi connectivity index (χ0v) is 18.5. The lowest BCUT2D eigenvalue weighted by Crippen LogP contribution is -2.10. The van der Waals surface area contributed by atoms with Crippen LogP contribution in [0.2, 0.25) is 0 Å². The van der Waals surface area contributed by atoms with Crippen LogP contribution in [0.4, 0.5) is 8.78 Å². The molecule has 0 fully saturated rings. The summed E-state index contributed by atoms with van der Waals surface area (Å²) in [4.78, 5) is 4.74. The van der Waals surface area contributed by atoms with Gasteiger partial charge in [-0.25, -0.2) is 19.2 Å². The Labute approximate surface area is 184 Å². The molecule has 0 amide bonds. The van der Waals surface area contributed by atoms with E-state index in [-0.39, 0.29) is 11.5 Å². The molecule has 3 aromatic heterocycles. The molecule has 0 spiro atoms. The predicted octanol–water partition coefficient (Wildman–Crippen LogP) is 3.97. The number of aromatic amines is 1. The number of benzene rings is 1. The number of tetrazole rings is 1. The topological polar surface area (TPSA) is 90.1 Å². The fourth-order valence-electron chi connectivity index (χ4n) is 3.63. The van der Waals surface area contributed by atoms with Crippen LogP contribution in [0.5, 0.6) is 0 Å². The molecule has 0 aliphatic heterocycles. The van der Waals surface area contributed by atoms with E-state index in [0.717, 1.165) is 40.7 Å². The Hall–Kier alpha value is -3.43. The van der Waals surface area contributed by atoms with Crippen molar-refractivity contribution in [2.45, 2.75) is 47.1 Å². The summed E-state index contributed by atoms with van der Waals surface area (Å²) in [6.07, 6.45) is 1.67. The van der Waals surface area contributed by atoms with E-state index in [1.54, 1.807) is 12.1 Å². The molecule has 3 heterocycles. The van der Waals surface area contributed by atoms with Gasteiger partial charge in [-0.2, -0.15) is 9.49 Å². The fourth-order valence-corrected chi connectivity index (χ4v) is 3.63. The standard InChI is InChI=1S/C22H26F2N8/c1-13(2)9-19-25-20(10-14(3)4)31(28-19)12-15-5-7-16(8-6-15)32-18(24)11-17(23)21(32)22-26-29-30-27-22/h5-8,11,13-14H,9-10,12H2,1-4H3,(H,26,27,29,30). The molecule has 0 aliphatic rings. The Morgan fingerprint density at radius 1 is 1.00 bits per heavy atom. The van der Waals surface area contributed by atoms with Crippen LogP contribution in [0, 0.1) is 23.6 Å². The summed E-state index contributed by atoms with van der Waals surface area (Å²) >= 11 is 0. The number of rotatable bonds is 8. The zero-order chi connectivity index (χ0) is 22.8. The third kappa shape index (κ3) is 4.58. The van der Waals surface area contributed by atoms with Gasteiger partial charge in [-0.3, -0.25) is 4.57 Å². The van der Waals surface area contributed by atoms with Gasteiger partial charge in [0.1, 0.15) is 11.5 Å². The molecular weight excluding hydrogens is 414 g/mol. The maximum Gasteiger partial charge on any atom is 0.201 e. The van der Waals surface area contributed by atoms with Crippen LogP contribution in [0.1, 0.15) is 44.9 Å². The Morgan fingerprint density at radius 2 is 1.72 bits per heavy atom. The lowest BCUT2D eigenvalue weighted by molar-refractivity contribution is 0.557. The molecule has 8 nitrogen and oxygen atoms in total. The highest BCUT2D eigenvalue weighted by Crippen LogP contribution is 2.27. The van der Waals surface area contributed by atoms with Crippen LogP contribution < -0.4 is 0 Å². The lowest BCUT2D eigenvalue weighted by atomic mass is 10.1. The maximum absolute atomic E-state index is 14.5. The van der Waals surface area contributed by atoms with E-state index in [9.17, 15) is 8.78 Å². The highest BCUT2D eigenvalue weighted by Gasteiger charge is 2.21. The number of nitrogens with one attached hydrogen (secondary N) is 1. The number of H-pyrrole nitrogens is 1. The van der Waals surface area contributed by atoms with Crippen LogP contribution >= 0.6 is 0 Å². The number of aromatic nitrogens is 8. The van der Waals surface area contributed by atoms with Crippen LogP contribution in [0.15, 0.2) is 30.3 Å². The molecule has 1 aromatic carbocycles. The van der Waals surface area contributed by atoms with Crippen molar-refractivity contribution in [3.8, 4) is 17.2 Å². The van der Waals surface area contributed by atoms with Gasteiger partial charge in [-0.15, -0.1) is 5.10 Å². The molecule has 1 N–H and O–H groups in total. The minimum Gasteiger partial charge on any atom is -0.280 e. The van der Waals surface area contributed by atoms with Gasteiger partial charge in [0, 0.05) is 24.6 Å².